The fourth-order valence-electron chi connectivity index (χ4n) is 4.22. The average molecular weight is 438 g/mol. The first kappa shape index (κ1) is 20.6. The monoisotopic (exact) mass is 437 g/mol. The number of aromatic nitrogens is 4. The highest BCUT2D eigenvalue weighted by atomic mass is 16.2. The number of nitrogens with one attached hydrogen (secondary N) is 1. The molecule has 1 amide bonds. The van der Waals surface area contributed by atoms with Gasteiger partial charge in [-0.3, -0.25) is 9.59 Å². The maximum atomic E-state index is 13.1. The minimum Gasteiger partial charge on any atom is -0.340 e. The third-order valence-electron chi connectivity index (χ3n) is 5.86. The molecule has 0 saturated carbocycles. The van der Waals surface area contributed by atoms with Crippen molar-refractivity contribution in [2.75, 3.05) is 0 Å². The number of nitrogens with zero attached hydrogens (tertiary/aromatic N) is 4. The van der Waals surface area contributed by atoms with Gasteiger partial charge in [-0.15, -0.1) is 0 Å². The largest absolute Gasteiger partial charge is 0.340 e. The second kappa shape index (κ2) is 8.35. The Labute approximate surface area is 190 Å². The van der Waals surface area contributed by atoms with Gasteiger partial charge in [-0.05, 0) is 30.7 Å². The number of amides is 1. The van der Waals surface area contributed by atoms with E-state index in [2.05, 4.69) is 10.4 Å². The molecule has 2 heterocycles. The summed E-state index contributed by atoms with van der Waals surface area (Å²) in [4.78, 5) is 30.9. The van der Waals surface area contributed by atoms with Gasteiger partial charge in [0.15, 0.2) is 0 Å². The molecular weight excluding hydrogens is 414 g/mol. The fourth-order valence-corrected chi connectivity index (χ4v) is 4.22. The van der Waals surface area contributed by atoms with Crippen molar-refractivity contribution in [1.82, 2.24) is 24.6 Å². The third-order valence-corrected chi connectivity index (χ3v) is 5.86. The Hall–Kier alpha value is -4.26. The number of para-hydroxylation sites is 2. The van der Waals surface area contributed by atoms with Crippen LogP contribution in [0.2, 0.25) is 0 Å². The van der Waals surface area contributed by atoms with Gasteiger partial charge in [-0.1, -0.05) is 60.7 Å². The minimum absolute atomic E-state index is 0.183. The van der Waals surface area contributed by atoms with E-state index in [0.717, 1.165) is 22.0 Å². The number of carbonyl (C=O) groups excluding carboxylic acids is 1. The van der Waals surface area contributed by atoms with Crippen LogP contribution in [0.15, 0.2) is 83.7 Å². The number of hydrogen-bond acceptors (Lipinski definition) is 4. The third kappa shape index (κ3) is 3.78. The van der Waals surface area contributed by atoms with E-state index in [1.807, 2.05) is 91.3 Å². The summed E-state index contributed by atoms with van der Waals surface area (Å²) in [7, 11) is 1.94. The van der Waals surface area contributed by atoms with Crippen molar-refractivity contribution in [2.45, 2.75) is 19.5 Å². The molecule has 5 rings (SSSR count). The molecule has 2 aromatic heterocycles. The van der Waals surface area contributed by atoms with E-state index >= 15 is 0 Å². The van der Waals surface area contributed by atoms with Crippen molar-refractivity contribution in [3.05, 3.63) is 106 Å². The summed E-state index contributed by atoms with van der Waals surface area (Å²) in [6.07, 6.45) is 0. The molecule has 7 heteroatoms. The van der Waals surface area contributed by atoms with Crippen molar-refractivity contribution in [1.29, 1.82) is 0 Å². The fraction of sp³-hybridized carbons (Fsp3) is 0.154. The zero-order valence-corrected chi connectivity index (χ0v) is 18.4. The van der Waals surface area contributed by atoms with Crippen LogP contribution >= 0.6 is 0 Å². The first-order chi connectivity index (χ1) is 16.0. The number of imidazole rings is 1. The molecule has 5 aromatic rings. The molecule has 3 aromatic carbocycles. The number of aryl methyl sites for hydroxylation is 2. The number of carbonyl (C=O) groups is 1. The van der Waals surface area contributed by atoms with E-state index in [9.17, 15) is 9.59 Å². The highest BCUT2D eigenvalue weighted by molar-refractivity contribution is 5.84. The molecular formula is C26H23N5O2. The predicted molar refractivity (Wildman–Crippen MR) is 128 cm³/mol. The first-order valence-corrected chi connectivity index (χ1v) is 10.7. The lowest BCUT2D eigenvalue weighted by Crippen LogP contribution is -2.37. The van der Waals surface area contributed by atoms with Crippen molar-refractivity contribution in [2.24, 2.45) is 7.05 Å². The van der Waals surface area contributed by atoms with E-state index in [-0.39, 0.29) is 18.0 Å². The second-order valence-corrected chi connectivity index (χ2v) is 8.02. The van der Waals surface area contributed by atoms with Crippen LogP contribution in [0.1, 0.15) is 23.1 Å². The van der Waals surface area contributed by atoms with Gasteiger partial charge in [0, 0.05) is 12.4 Å². The zero-order valence-electron chi connectivity index (χ0n) is 18.4. The van der Waals surface area contributed by atoms with Crippen molar-refractivity contribution in [3.8, 4) is 0 Å². The number of fused-ring (bicyclic) bond motifs is 2. The van der Waals surface area contributed by atoms with Gasteiger partial charge < -0.3 is 9.88 Å². The Balaban J connectivity index is 1.51. The smallest absolute Gasteiger partial charge is 0.275 e. The van der Waals surface area contributed by atoms with Crippen molar-refractivity contribution in [3.63, 3.8) is 0 Å². The van der Waals surface area contributed by atoms with Crippen LogP contribution in [0.5, 0.6) is 0 Å². The SMILES string of the molecule is Cc1nn(CC(=O)NC(c2ccccc2)c2nc3ccccc3n2C)c(=O)c2ccccc12. The molecule has 0 fully saturated rings. The molecule has 0 radical (unpaired) electrons. The molecule has 0 aliphatic heterocycles. The van der Waals surface area contributed by atoms with E-state index in [0.29, 0.717) is 16.9 Å². The highest BCUT2D eigenvalue weighted by Gasteiger charge is 2.23. The Morgan fingerprint density at radius 1 is 0.939 bits per heavy atom. The summed E-state index contributed by atoms with van der Waals surface area (Å²) in [6, 6.07) is 24.4. The van der Waals surface area contributed by atoms with Crippen molar-refractivity contribution < 1.29 is 4.79 Å². The van der Waals surface area contributed by atoms with E-state index in [1.165, 1.54) is 4.68 Å². The Morgan fingerprint density at radius 2 is 1.61 bits per heavy atom. The molecule has 7 nitrogen and oxygen atoms in total. The lowest BCUT2D eigenvalue weighted by Gasteiger charge is -2.19. The van der Waals surface area contributed by atoms with Gasteiger partial charge in [-0.2, -0.15) is 5.10 Å². The maximum absolute atomic E-state index is 13.1. The minimum atomic E-state index is -0.478. The molecule has 0 aliphatic carbocycles. The van der Waals surface area contributed by atoms with Crippen LogP contribution in [0.3, 0.4) is 0 Å². The van der Waals surface area contributed by atoms with Gasteiger partial charge in [0.2, 0.25) is 5.91 Å². The molecule has 33 heavy (non-hydrogen) atoms. The standard InChI is InChI=1S/C26H23N5O2/c1-17-19-12-6-7-13-20(19)26(33)31(29-17)16-23(32)28-24(18-10-4-3-5-11-18)25-27-21-14-8-9-15-22(21)30(25)2/h3-15,24H,16H2,1-2H3,(H,28,32). The maximum Gasteiger partial charge on any atom is 0.275 e. The molecule has 1 unspecified atom stereocenters. The normalized spacial score (nSPS) is 12.2. The highest BCUT2D eigenvalue weighted by Crippen LogP contribution is 2.25. The van der Waals surface area contributed by atoms with Crippen LogP contribution in [-0.4, -0.2) is 25.2 Å². The average Bonchev–Trinajstić information content (AvgIpc) is 3.18. The predicted octanol–water partition coefficient (Wildman–Crippen LogP) is 3.50. The quantitative estimate of drug-likeness (QED) is 0.456. The van der Waals surface area contributed by atoms with Gasteiger partial charge in [0.05, 0.1) is 22.1 Å². The number of benzene rings is 3. The van der Waals surface area contributed by atoms with Crippen LogP contribution < -0.4 is 10.9 Å². The zero-order chi connectivity index (χ0) is 22.9. The lowest BCUT2D eigenvalue weighted by atomic mass is 10.1. The Morgan fingerprint density at radius 3 is 2.36 bits per heavy atom. The molecule has 1 N–H and O–H groups in total. The first-order valence-electron chi connectivity index (χ1n) is 10.7. The van der Waals surface area contributed by atoms with E-state index < -0.39 is 6.04 Å². The van der Waals surface area contributed by atoms with Crippen LogP contribution in [-0.2, 0) is 18.4 Å². The van der Waals surface area contributed by atoms with Crippen molar-refractivity contribution >= 4 is 27.7 Å². The number of rotatable bonds is 5. The Bertz CT molecular complexity index is 1540. The van der Waals surface area contributed by atoms with E-state index in [1.54, 1.807) is 6.07 Å². The summed E-state index contributed by atoms with van der Waals surface area (Å²) >= 11 is 0. The van der Waals surface area contributed by atoms with Gasteiger partial charge >= 0.3 is 0 Å². The van der Waals surface area contributed by atoms with Gasteiger partial charge in [-0.25, -0.2) is 9.67 Å². The molecule has 0 aliphatic rings. The summed E-state index contributed by atoms with van der Waals surface area (Å²) < 4.78 is 3.21. The Kier molecular flexibility index (Phi) is 5.22. The molecule has 0 bridgehead atoms. The van der Waals surface area contributed by atoms with Crippen LogP contribution in [0.25, 0.3) is 21.8 Å². The molecule has 0 spiro atoms. The topological polar surface area (TPSA) is 81.8 Å². The second-order valence-electron chi connectivity index (χ2n) is 8.02. The van der Waals surface area contributed by atoms with Gasteiger partial charge in [0.1, 0.15) is 18.4 Å². The summed E-state index contributed by atoms with van der Waals surface area (Å²) in [5, 5.41) is 8.78. The van der Waals surface area contributed by atoms with Crippen LogP contribution in [0, 0.1) is 6.92 Å². The molecule has 0 saturated heterocycles. The summed E-state index contributed by atoms with van der Waals surface area (Å²) in [6.45, 7) is 1.65. The number of hydrogen-bond donors (Lipinski definition) is 1. The van der Waals surface area contributed by atoms with Gasteiger partial charge in [0.25, 0.3) is 5.56 Å². The molecule has 164 valence electrons. The summed E-state index contributed by atoms with van der Waals surface area (Å²) in [5.74, 6) is 0.394. The lowest BCUT2D eigenvalue weighted by molar-refractivity contribution is -0.122. The van der Waals surface area contributed by atoms with E-state index in [4.69, 9.17) is 4.98 Å². The van der Waals surface area contributed by atoms with Crippen LogP contribution in [0.4, 0.5) is 0 Å². The summed E-state index contributed by atoms with van der Waals surface area (Å²) in [5.41, 5.74) is 3.15. The molecule has 1 atom stereocenters.